The Bertz CT molecular complexity index is 728. The van der Waals surface area contributed by atoms with Crippen molar-refractivity contribution in [1.82, 2.24) is 5.32 Å². The van der Waals surface area contributed by atoms with E-state index in [1.165, 1.54) is 19.2 Å². The van der Waals surface area contributed by atoms with Gasteiger partial charge in [-0.3, -0.25) is 14.9 Å². The number of carbonyl (C=O) groups is 1. The van der Waals surface area contributed by atoms with Crippen LogP contribution >= 0.6 is 11.3 Å². The number of amides is 1. The first-order valence-corrected chi connectivity index (χ1v) is 7.55. The maximum absolute atomic E-state index is 12.2. The Kier molecular flexibility index (Phi) is 5.17. The normalized spacial score (nSPS) is 11.6. The summed E-state index contributed by atoms with van der Waals surface area (Å²) in [5, 5.41) is 13.4. The van der Waals surface area contributed by atoms with Crippen molar-refractivity contribution >= 4 is 22.2 Å². The van der Waals surface area contributed by atoms with Gasteiger partial charge in [0.2, 0.25) is 0 Å². The van der Waals surface area contributed by atoms with Crippen molar-refractivity contribution in [3.63, 3.8) is 0 Å². The van der Waals surface area contributed by atoms with Gasteiger partial charge in [0.25, 0.3) is 5.91 Å². The van der Waals surface area contributed by atoms with Crippen LogP contribution < -0.4 is 14.8 Å². The predicted molar refractivity (Wildman–Crippen MR) is 86.4 cm³/mol. The lowest BCUT2D eigenvalue weighted by molar-refractivity contribution is -0.380. The molecule has 0 radical (unpaired) electrons. The van der Waals surface area contributed by atoms with Crippen LogP contribution in [0, 0.1) is 10.1 Å². The lowest BCUT2D eigenvalue weighted by atomic mass is 10.1. The quantitative estimate of drug-likeness (QED) is 0.646. The number of ether oxygens (including phenoxy) is 2. The van der Waals surface area contributed by atoms with Crippen LogP contribution in [0.15, 0.2) is 30.3 Å². The summed E-state index contributed by atoms with van der Waals surface area (Å²) in [7, 11) is 3.09. The molecule has 122 valence electrons. The Morgan fingerprint density at radius 3 is 2.48 bits per heavy atom. The Hall–Kier alpha value is -2.61. The number of hydrogen-bond donors (Lipinski definition) is 1. The van der Waals surface area contributed by atoms with Gasteiger partial charge in [0.15, 0.2) is 11.5 Å². The van der Waals surface area contributed by atoms with Gasteiger partial charge in [-0.05, 0) is 30.7 Å². The molecule has 0 aliphatic heterocycles. The summed E-state index contributed by atoms with van der Waals surface area (Å²) < 4.78 is 10.4. The van der Waals surface area contributed by atoms with E-state index in [0.717, 1.165) is 16.9 Å². The number of rotatable bonds is 6. The molecular weight excluding hydrogens is 320 g/mol. The van der Waals surface area contributed by atoms with Gasteiger partial charge in [-0.15, -0.1) is 0 Å². The SMILES string of the molecule is COc1ccc(C(C)NC(=O)c2ccc([N+](=O)[O-])s2)cc1OC. The fourth-order valence-electron chi connectivity index (χ4n) is 2.02. The van der Waals surface area contributed by atoms with Gasteiger partial charge < -0.3 is 14.8 Å². The highest BCUT2D eigenvalue weighted by Crippen LogP contribution is 2.30. The molecule has 1 heterocycles. The van der Waals surface area contributed by atoms with E-state index in [0.29, 0.717) is 16.4 Å². The number of nitro groups is 1. The van der Waals surface area contributed by atoms with Gasteiger partial charge in [-0.1, -0.05) is 17.4 Å². The Morgan fingerprint density at radius 2 is 1.91 bits per heavy atom. The van der Waals surface area contributed by atoms with Crippen LogP contribution in [0.4, 0.5) is 5.00 Å². The summed E-state index contributed by atoms with van der Waals surface area (Å²) in [5.41, 5.74) is 0.835. The lowest BCUT2D eigenvalue weighted by Gasteiger charge is -2.16. The molecule has 0 aliphatic carbocycles. The van der Waals surface area contributed by atoms with Crippen molar-refractivity contribution in [2.24, 2.45) is 0 Å². The van der Waals surface area contributed by atoms with E-state index in [4.69, 9.17) is 9.47 Å². The van der Waals surface area contributed by atoms with Crippen molar-refractivity contribution < 1.29 is 19.2 Å². The zero-order valence-electron chi connectivity index (χ0n) is 12.9. The standard InChI is InChI=1S/C15H16N2O5S/c1-9(10-4-5-11(21-2)12(8-10)22-3)16-15(18)13-6-7-14(23-13)17(19)20/h4-9H,1-3H3,(H,16,18). The highest BCUT2D eigenvalue weighted by atomic mass is 32.1. The first-order chi connectivity index (χ1) is 11.0. The molecule has 0 bridgehead atoms. The summed E-state index contributed by atoms with van der Waals surface area (Å²) in [6.45, 7) is 1.82. The smallest absolute Gasteiger partial charge is 0.324 e. The Balaban J connectivity index is 2.12. The third-order valence-electron chi connectivity index (χ3n) is 3.25. The maximum Gasteiger partial charge on any atom is 0.324 e. The summed E-state index contributed by atoms with van der Waals surface area (Å²) in [6, 6.07) is 7.83. The second-order valence-electron chi connectivity index (χ2n) is 4.70. The first kappa shape index (κ1) is 16.8. The minimum atomic E-state index is -0.515. The minimum absolute atomic E-state index is 0.0612. The second-order valence-corrected chi connectivity index (χ2v) is 5.77. The highest BCUT2D eigenvalue weighted by molar-refractivity contribution is 7.17. The zero-order valence-corrected chi connectivity index (χ0v) is 13.7. The summed E-state index contributed by atoms with van der Waals surface area (Å²) in [6.07, 6.45) is 0. The molecule has 0 aliphatic rings. The average molecular weight is 336 g/mol. The van der Waals surface area contributed by atoms with E-state index >= 15 is 0 Å². The Labute approximate surface area is 137 Å². The van der Waals surface area contributed by atoms with E-state index in [-0.39, 0.29) is 17.0 Å². The van der Waals surface area contributed by atoms with Crippen molar-refractivity contribution in [1.29, 1.82) is 0 Å². The highest BCUT2D eigenvalue weighted by Gasteiger charge is 2.18. The van der Waals surface area contributed by atoms with Gasteiger partial charge in [0, 0.05) is 6.07 Å². The zero-order chi connectivity index (χ0) is 17.0. The minimum Gasteiger partial charge on any atom is -0.493 e. The topological polar surface area (TPSA) is 90.7 Å². The first-order valence-electron chi connectivity index (χ1n) is 6.73. The van der Waals surface area contributed by atoms with Crippen molar-refractivity contribution in [2.75, 3.05) is 14.2 Å². The van der Waals surface area contributed by atoms with Crippen molar-refractivity contribution in [2.45, 2.75) is 13.0 Å². The molecule has 1 aromatic heterocycles. The molecule has 7 nitrogen and oxygen atoms in total. The molecule has 23 heavy (non-hydrogen) atoms. The molecule has 2 rings (SSSR count). The van der Waals surface area contributed by atoms with Crippen molar-refractivity contribution in [3.05, 3.63) is 50.9 Å². The molecule has 0 saturated heterocycles. The van der Waals surface area contributed by atoms with E-state index in [9.17, 15) is 14.9 Å². The number of benzene rings is 1. The maximum atomic E-state index is 12.2. The number of carbonyl (C=O) groups excluding carboxylic acids is 1. The van der Waals surface area contributed by atoms with E-state index in [1.54, 1.807) is 19.2 Å². The fourth-order valence-corrected chi connectivity index (χ4v) is 2.74. The van der Waals surface area contributed by atoms with Gasteiger partial charge in [0.05, 0.1) is 30.1 Å². The molecule has 8 heteroatoms. The molecule has 2 aromatic rings. The summed E-state index contributed by atoms with van der Waals surface area (Å²) in [4.78, 5) is 22.6. The van der Waals surface area contributed by atoms with E-state index < -0.39 is 4.92 Å². The number of thiophene rings is 1. The van der Waals surface area contributed by atoms with E-state index in [1.807, 2.05) is 13.0 Å². The average Bonchev–Trinajstić information content (AvgIpc) is 3.04. The molecule has 1 aromatic carbocycles. The van der Waals surface area contributed by atoms with Crippen LogP contribution in [-0.2, 0) is 0 Å². The molecule has 1 N–H and O–H groups in total. The second kappa shape index (κ2) is 7.10. The molecule has 1 unspecified atom stereocenters. The molecular formula is C15H16N2O5S. The largest absolute Gasteiger partial charge is 0.493 e. The van der Waals surface area contributed by atoms with E-state index in [2.05, 4.69) is 5.32 Å². The molecule has 0 saturated carbocycles. The van der Waals surface area contributed by atoms with Gasteiger partial charge in [-0.2, -0.15) is 0 Å². The Morgan fingerprint density at radius 1 is 1.22 bits per heavy atom. The van der Waals surface area contributed by atoms with Crippen LogP contribution in [0.3, 0.4) is 0 Å². The lowest BCUT2D eigenvalue weighted by Crippen LogP contribution is -2.25. The monoisotopic (exact) mass is 336 g/mol. The molecule has 1 amide bonds. The van der Waals surface area contributed by atoms with Crippen LogP contribution in [0.1, 0.15) is 28.2 Å². The number of nitrogens with one attached hydrogen (secondary N) is 1. The van der Waals surface area contributed by atoms with Gasteiger partial charge in [-0.25, -0.2) is 0 Å². The molecule has 1 atom stereocenters. The third kappa shape index (κ3) is 3.78. The molecule has 0 spiro atoms. The van der Waals surface area contributed by atoms with Gasteiger partial charge in [0.1, 0.15) is 0 Å². The molecule has 0 fully saturated rings. The van der Waals surface area contributed by atoms with Crippen LogP contribution in [0.2, 0.25) is 0 Å². The fraction of sp³-hybridized carbons (Fsp3) is 0.267. The summed E-state index contributed by atoms with van der Waals surface area (Å²) >= 11 is 0.844. The number of hydrogen-bond acceptors (Lipinski definition) is 6. The van der Waals surface area contributed by atoms with Crippen molar-refractivity contribution in [3.8, 4) is 11.5 Å². The third-order valence-corrected chi connectivity index (χ3v) is 4.29. The number of methoxy groups -OCH3 is 2. The van der Waals surface area contributed by atoms with Crippen LogP contribution in [-0.4, -0.2) is 25.1 Å². The predicted octanol–water partition coefficient (Wildman–Crippen LogP) is 3.16. The van der Waals surface area contributed by atoms with Gasteiger partial charge >= 0.3 is 5.00 Å². The summed E-state index contributed by atoms with van der Waals surface area (Å²) in [5.74, 6) is 0.812. The van der Waals surface area contributed by atoms with Crippen LogP contribution in [0.25, 0.3) is 0 Å². The number of nitrogens with zero attached hydrogens (tertiary/aromatic N) is 1. The van der Waals surface area contributed by atoms with Crippen LogP contribution in [0.5, 0.6) is 11.5 Å².